The van der Waals surface area contributed by atoms with Crippen LogP contribution in [0.25, 0.3) is 0 Å². The highest BCUT2D eigenvalue weighted by Gasteiger charge is 2.42. The highest BCUT2D eigenvalue weighted by atomic mass is 16.2. The largest absolute Gasteiger partial charge is 0.298 e. The van der Waals surface area contributed by atoms with Crippen LogP contribution in [-0.2, 0) is 14.4 Å². The Morgan fingerprint density at radius 3 is 2.08 bits per heavy atom. The normalized spacial score (nSPS) is 24.9. The molecule has 2 aliphatic rings. The van der Waals surface area contributed by atoms with Gasteiger partial charge in [0.05, 0.1) is 0 Å². The average Bonchev–Trinajstić information content (AvgIpc) is 2.85. The lowest BCUT2D eigenvalue weighted by atomic mass is 9.82. The summed E-state index contributed by atoms with van der Waals surface area (Å²) in [6.07, 6.45) is 3.20. The molecule has 0 bridgehead atoms. The predicted molar refractivity (Wildman–Crippen MR) is 45.1 cm³/mol. The van der Waals surface area contributed by atoms with Crippen LogP contribution in [0, 0.1) is 11.8 Å². The summed E-state index contributed by atoms with van der Waals surface area (Å²) in [5.74, 6) is -1.24. The first-order chi connectivity index (χ1) is 6.20. The van der Waals surface area contributed by atoms with E-state index in [0.29, 0.717) is 19.3 Å². The third-order valence-corrected chi connectivity index (χ3v) is 2.75. The lowest BCUT2D eigenvalue weighted by Crippen LogP contribution is -2.36. The summed E-state index contributed by atoms with van der Waals surface area (Å²) in [6.45, 7) is 0. The van der Waals surface area contributed by atoms with E-state index in [-0.39, 0.29) is 23.3 Å². The van der Waals surface area contributed by atoms with Crippen molar-refractivity contribution in [3.63, 3.8) is 0 Å². The number of hydrogen-bond donors (Lipinski definition) is 0. The Kier molecular flexibility index (Phi) is 2.02. The summed E-state index contributed by atoms with van der Waals surface area (Å²) < 4.78 is 0. The molecule has 2 saturated carbocycles. The molecule has 0 aromatic heterocycles. The minimum absolute atomic E-state index is 0.0241. The fraction of sp³-hybridized carbons (Fsp3) is 0.700. The van der Waals surface area contributed by atoms with E-state index in [2.05, 4.69) is 0 Å². The van der Waals surface area contributed by atoms with Gasteiger partial charge in [-0.15, -0.1) is 0 Å². The summed E-state index contributed by atoms with van der Waals surface area (Å²) in [4.78, 5) is 34.2. The second-order valence-electron chi connectivity index (χ2n) is 3.90. The molecule has 13 heavy (non-hydrogen) atoms. The molecule has 0 saturated heterocycles. The number of hydrogen-bond acceptors (Lipinski definition) is 3. The Hall–Kier alpha value is -0.990. The number of carbonyl (C=O) groups is 3. The van der Waals surface area contributed by atoms with Gasteiger partial charge in [0.25, 0.3) is 0 Å². The Labute approximate surface area is 76.5 Å². The maximum absolute atomic E-state index is 11.5. The van der Waals surface area contributed by atoms with Crippen molar-refractivity contribution in [1.29, 1.82) is 0 Å². The zero-order chi connectivity index (χ0) is 9.42. The quantitative estimate of drug-likeness (QED) is 0.593. The average molecular weight is 180 g/mol. The number of ketones is 3. The molecule has 0 amide bonds. The number of carbonyl (C=O) groups excluding carboxylic acids is 3. The summed E-state index contributed by atoms with van der Waals surface area (Å²) in [7, 11) is 0. The zero-order valence-corrected chi connectivity index (χ0v) is 7.41. The molecule has 0 N–H and O–H groups in total. The minimum atomic E-state index is -0.874. The lowest BCUT2D eigenvalue weighted by molar-refractivity contribution is -0.142. The molecule has 0 aromatic carbocycles. The molecule has 0 aliphatic heterocycles. The molecule has 0 unspecified atom stereocenters. The fourth-order valence-electron chi connectivity index (χ4n) is 1.83. The van der Waals surface area contributed by atoms with E-state index in [0.717, 1.165) is 12.8 Å². The molecule has 0 spiro atoms. The molecular formula is C10H12O3. The Morgan fingerprint density at radius 1 is 1.08 bits per heavy atom. The number of Topliss-reactive ketones (excluding diaryl/α,β-unsaturated/α-hetero) is 3. The molecule has 3 nitrogen and oxygen atoms in total. The number of rotatable bonds is 2. The molecule has 0 heterocycles. The van der Waals surface area contributed by atoms with Gasteiger partial charge < -0.3 is 0 Å². The van der Waals surface area contributed by atoms with Crippen molar-refractivity contribution in [3.8, 4) is 0 Å². The van der Waals surface area contributed by atoms with E-state index in [1.54, 1.807) is 0 Å². The van der Waals surface area contributed by atoms with Crippen LogP contribution in [0.2, 0.25) is 0 Å². The van der Waals surface area contributed by atoms with Gasteiger partial charge >= 0.3 is 0 Å². The molecule has 0 aromatic rings. The second kappa shape index (κ2) is 3.05. The van der Waals surface area contributed by atoms with Crippen molar-refractivity contribution in [2.75, 3.05) is 0 Å². The van der Waals surface area contributed by atoms with Crippen LogP contribution in [0.4, 0.5) is 0 Å². The fourth-order valence-corrected chi connectivity index (χ4v) is 1.83. The van der Waals surface area contributed by atoms with E-state index in [4.69, 9.17) is 0 Å². The van der Waals surface area contributed by atoms with Crippen molar-refractivity contribution in [1.82, 2.24) is 0 Å². The molecule has 2 fully saturated rings. The molecule has 3 heteroatoms. The highest BCUT2D eigenvalue weighted by Crippen LogP contribution is 2.34. The van der Waals surface area contributed by atoms with Gasteiger partial charge in [-0.05, 0) is 19.3 Å². The SMILES string of the molecule is O=C1CCCC(=O)C1C(=O)C1CC1. The van der Waals surface area contributed by atoms with Crippen LogP contribution in [0.15, 0.2) is 0 Å². The van der Waals surface area contributed by atoms with Crippen molar-refractivity contribution < 1.29 is 14.4 Å². The van der Waals surface area contributed by atoms with E-state index in [9.17, 15) is 14.4 Å². The maximum atomic E-state index is 11.5. The van der Waals surface area contributed by atoms with Crippen molar-refractivity contribution >= 4 is 17.3 Å². The minimum Gasteiger partial charge on any atom is -0.298 e. The van der Waals surface area contributed by atoms with E-state index >= 15 is 0 Å². The van der Waals surface area contributed by atoms with E-state index < -0.39 is 5.92 Å². The first-order valence-corrected chi connectivity index (χ1v) is 4.79. The molecule has 0 atom stereocenters. The van der Waals surface area contributed by atoms with Crippen LogP contribution in [0.5, 0.6) is 0 Å². The smallest absolute Gasteiger partial charge is 0.153 e. The van der Waals surface area contributed by atoms with Gasteiger partial charge in [0.2, 0.25) is 0 Å². The molecule has 0 radical (unpaired) electrons. The van der Waals surface area contributed by atoms with Crippen LogP contribution < -0.4 is 0 Å². The van der Waals surface area contributed by atoms with E-state index in [1.807, 2.05) is 0 Å². The van der Waals surface area contributed by atoms with Gasteiger partial charge in [-0.1, -0.05) is 0 Å². The standard InChI is InChI=1S/C10H12O3/c11-7-2-1-3-8(12)9(7)10(13)6-4-5-6/h6,9H,1-5H2. The van der Waals surface area contributed by atoms with Gasteiger partial charge in [0.15, 0.2) is 17.3 Å². The first kappa shape index (κ1) is 8.60. The van der Waals surface area contributed by atoms with Gasteiger partial charge in [0, 0.05) is 18.8 Å². The summed E-state index contributed by atoms with van der Waals surface area (Å²) in [5, 5.41) is 0. The van der Waals surface area contributed by atoms with E-state index in [1.165, 1.54) is 0 Å². The van der Waals surface area contributed by atoms with Gasteiger partial charge in [-0.3, -0.25) is 14.4 Å². The van der Waals surface area contributed by atoms with Crippen molar-refractivity contribution in [2.45, 2.75) is 32.1 Å². The second-order valence-corrected chi connectivity index (χ2v) is 3.90. The summed E-state index contributed by atoms with van der Waals surface area (Å²) in [5.41, 5.74) is 0. The maximum Gasteiger partial charge on any atom is 0.153 e. The van der Waals surface area contributed by atoms with Crippen LogP contribution in [0.1, 0.15) is 32.1 Å². The van der Waals surface area contributed by atoms with Crippen molar-refractivity contribution in [3.05, 3.63) is 0 Å². The Balaban J connectivity index is 2.12. The van der Waals surface area contributed by atoms with Gasteiger partial charge in [0.1, 0.15) is 5.92 Å². The summed E-state index contributed by atoms with van der Waals surface area (Å²) >= 11 is 0. The van der Waals surface area contributed by atoms with Crippen LogP contribution in [-0.4, -0.2) is 17.3 Å². The van der Waals surface area contributed by atoms with Gasteiger partial charge in [-0.25, -0.2) is 0 Å². The monoisotopic (exact) mass is 180 g/mol. The van der Waals surface area contributed by atoms with Gasteiger partial charge in [-0.2, -0.15) is 0 Å². The molecule has 2 rings (SSSR count). The van der Waals surface area contributed by atoms with Crippen LogP contribution in [0.3, 0.4) is 0 Å². The third-order valence-electron chi connectivity index (χ3n) is 2.75. The predicted octanol–water partition coefficient (Wildman–Crippen LogP) is 0.904. The molecular weight excluding hydrogens is 168 g/mol. The Bertz CT molecular complexity index is 260. The van der Waals surface area contributed by atoms with Crippen molar-refractivity contribution in [2.24, 2.45) is 11.8 Å². The zero-order valence-electron chi connectivity index (χ0n) is 7.41. The lowest BCUT2D eigenvalue weighted by Gasteiger charge is -2.17. The Morgan fingerprint density at radius 2 is 1.62 bits per heavy atom. The first-order valence-electron chi connectivity index (χ1n) is 4.79. The third kappa shape index (κ3) is 1.55. The summed E-state index contributed by atoms with van der Waals surface area (Å²) in [6, 6.07) is 0. The topological polar surface area (TPSA) is 51.2 Å². The molecule has 2 aliphatic carbocycles. The highest BCUT2D eigenvalue weighted by molar-refractivity contribution is 6.21. The molecule has 70 valence electrons. The van der Waals surface area contributed by atoms with Crippen LogP contribution >= 0.6 is 0 Å².